The molecule has 1 amide bonds. The molecule has 3 aromatic rings. The number of amides is 1. The maximum atomic E-state index is 15.0. The summed E-state index contributed by atoms with van der Waals surface area (Å²) in [4.78, 5) is 20.6. The van der Waals surface area contributed by atoms with Crippen LogP contribution in [0.2, 0.25) is 5.02 Å². The van der Waals surface area contributed by atoms with E-state index in [1.54, 1.807) is 4.68 Å². The third kappa shape index (κ3) is 3.20. The molecule has 4 rings (SSSR count). The number of likely N-dealkylation sites (tertiary alicyclic amines) is 1. The lowest BCUT2D eigenvalue weighted by molar-refractivity contribution is 0.103. The zero-order chi connectivity index (χ0) is 21.7. The van der Waals surface area contributed by atoms with Crippen LogP contribution in [-0.4, -0.2) is 56.0 Å². The van der Waals surface area contributed by atoms with Crippen LogP contribution in [0.4, 0.5) is 15.0 Å². The fourth-order valence-corrected chi connectivity index (χ4v) is 4.69. The van der Waals surface area contributed by atoms with Gasteiger partial charge in [0, 0.05) is 30.1 Å². The Hall–Kier alpha value is -2.41. The van der Waals surface area contributed by atoms with Gasteiger partial charge in [-0.25, -0.2) is 23.8 Å². The Bertz CT molecular complexity index is 1170. The first-order valence-electron chi connectivity index (χ1n) is 8.92. The van der Waals surface area contributed by atoms with Gasteiger partial charge in [0.2, 0.25) is 0 Å². The summed E-state index contributed by atoms with van der Waals surface area (Å²) in [5.41, 5.74) is 7.38. The fourth-order valence-electron chi connectivity index (χ4n) is 3.72. The van der Waals surface area contributed by atoms with Crippen molar-refractivity contribution >= 4 is 57.1 Å². The van der Waals surface area contributed by atoms with Gasteiger partial charge < -0.3 is 20.5 Å². The summed E-state index contributed by atoms with van der Waals surface area (Å²) in [6.45, 7) is 2.20. The molecule has 158 valence electrons. The molecule has 1 aliphatic rings. The van der Waals surface area contributed by atoms with Gasteiger partial charge in [-0.2, -0.15) is 5.10 Å². The van der Waals surface area contributed by atoms with Crippen LogP contribution < -0.4 is 10.5 Å². The second-order valence-corrected chi connectivity index (χ2v) is 8.39. The molecule has 1 aliphatic heterocycles. The van der Waals surface area contributed by atoms with Crippen molar-refractivity contribution in [2.45, 2.75) is 18.9 Å². The number of fused-ring (bicyclic) bond motifs is 1. The Labute approximate surface area is 189 Å². The number of rotatable bonds is 4. The van der Waals surface area contributed by atoms with Crippen molar-refractivity contribution in [3.8, 4) is 5.75 Å². The molecule has 1 fully saturated rings. The molecule has 3 heterocycles. The lowest BCUT2D eigenvalue weighted by Crippen LogP contribution is -2.48. The van der Waals surface area contributed by atoms with Crippen LogP contribution in [0.3, 0.4) is 0 Å². The molecular weight excluding hydrogens is 530 g/mol. The van der Waals surface area contributed by atoms with E-state index in [0.29, 0.717) is 31.9 Å². The van der Waals surface area contributed by atoms with Gasteiger partial charge >= 0.3 is 6.09 Å². The van der Waals surface area contributed by atoms with Crippen LogP contribution >= 0.6 is 34.2 Å². The first-order valence-corrected chi connectivity index (χ1v) is 10.4. The Balaban J connectivity index is 1.84. The second-order valence-electron chi connectivity index (χ2n) is 6.96. The number of carbonyl (C=O) groups is 1. The van der Waals surface area contributed by atoms with E-state index in [1.807, 2.05) is 6.92 Å². The number of methoxy groups -OCH3 is 1. The highest BCUT2D eigenvalue weighted by Crippen LogP contribution is 2.43. The van der Waals surface area contributed by atoms with Crippen LogP contribution in [0.15, 0.2) is 12.4 Å². The van der Waals surface area contributed by atoms with Crippen LogP contribution in [0, 0.1) is 9.52 Å². The minimum Gasteiger partial charge on any atom is -0.496 e. The van der Waals surface area contributed by atoms with Gasteiger partial charge in [0.25, 0.3) is 0 Å². The lowest BCUT2D eigenvalue weighted by atomic mass is 9.88. The van der Waals surface area contributed by atoms with Crippen LogP contribution in [0.1, 0.15) is 30.0 Å². The molecule has 1 saturated heterocycles. The van der Waals surface area contributed by atoms with Crippen molar-refractivity contribution < 1.29 is 19.0 Å². The lowest BCUT2D eigenvalue weighted by Gasteiger charge is -2.38. The largest absolute Gasteiger partial charge is 0.496 e. The molecule has 0 spiro atoms. The minimum atomic E-state index is -1.05. The van der Waals surface area contributed by atoms with Crippen LogP contribution in [0.5, 0.6) is 5.75 Å². The second kappa shape index (κ2) is 7.69. The third-order valence-corrected chi connectivity index (χ3v) is 6.32. The topological polar surface area (TPSA) is 119 Å². The molecule has 0 saturated carbocycles. The first kappa shape index (κ1) is 20.8. The molecule has 1 aromatic carbocycles. The van der Waals surface area contributed by atoms with Crippen LogP contribution in [0.25, 0.3) is 11.0 Å². The monoisotopic (exact) mass is 546 g/mol. The summed E-state index contributed by atoms with van der Waals surface area (Å²) >= 11 is 8.27. The number of anilines is 1. The smallest absolute Gasteiger partial charge is 0.407 e. The molecule has 2 aromatic heterocycles. The molecule has 3 N–H and O–H groups in total. The average molecular weight is 547 g/mol. The van der Waals surface area contributed by atoms with E-state index in [4.69, 9.17) is 27.2 Å². The van der Waals surface area contributed by atoms with Gasteiger partial charge in [-0.15, -0.1) is 0 Å². The van der Waals surface area contributed by atoms with Gasteiger partial charge in [0.15, 0.2) is 5.65 Å². The number of nitrogens with zero attached hydrogens (tertiary/aromatic N) is 5. The highest BCUT2D eigenvalue weighted by Gasteiger charge is 2.37. The number of benzene rings is 1. The van der Waals surface area contributed by atoms with Crippen molar-refractivity contribution in [2.24, 2.45) is 0 Å². The predicted octanol–water partition coefficient (Wildman–Crippen LogP) is 3.50. The average Bonchev–Trinajstić information content (AvgIpc) is 3.00. The number of nitrogens with two attached hydrogens (primary N) is 1. The van der Waals surface area contributed by atoms with Crippen molar-refractivity contribution in [1.82, 2.24) is 24.6 Å². The molecule has 1 unspecified atom stereocenters. The van der Waals surface area contributed by atoms with E-state index in [9.17, 15) is 9.18 Å². The SMILES string of the molecule is COc1c(C(C)n2nc(I)c3c(N)ncnc32)cc(Cl)c(F)c1C1CN(C(=O)O)C1. The zero-order valence-electron chi connectivity index (χ0n) is 15.9. The van der Waals surface area contributed by atoms with E-state index in [-0.39, 0.29) is 29.6 Å². The molecule has 0 aliphatic carbocycles. The number of hydrogen-bond acceptors (Lipinski definition) is 6. The van der Waals surface area contributed by atoms with Gasteiger partial charge in [-0.05, 0) is 35.6 Å². The third-order valence-electron chi connectivity index (χ3n) is 5.29. The summed E-state index contributed by atoms with van der Waals surface area (Å²) in [5.74, 6) is -0.324. The number of nitrogen functional groups attached to an aromatic ring is 1. The van der Waals surface area contributed by atoms with Crippen molar-refractivity contribution in [3.63, 3.8) is 0 Å². The molecule has 0 bridgehead atoms. The van der Waals surface area contributed by atoms with E-state index >= 15 is 0 Å². The zero-order valence-corrected chi connectivity index (χ0v) is 18.8. The Morgan fingerprint density at radius 1 is 1.47 bits per heavy atom. The van der Waals surface area contributed by atoms with Crippen molar-refractivity contribution in [3.05, 3.63) is 38.1 Å². The van der Waals surface area contributed by atoms with E-state index < -0.39 is 18.0 Å². The Kier molecular flexibility index (Phi) is 5.34. The van der Waals surface area contributed by atoms with E-state index in [1.165, 1.54) is 24.4 Å². The maximum absolute atomic E-state index is 15.0. The van der Waals surface area contributed by atoms with Gasteiger partial charge in [0.05, 0.1) is 23.6 Å². The van der Waals surface area contributed by atoms with E-state index in [2.05, 4.69) is 37.7 Å². The number of aromatic nitrogens is 4. The predicted molar refractivity (Wildman–Crippen MR) is 117 cm³/mol. The fraction of sp³-hybridized carbons (Fsp3) is 0.333. The quantitative estimate of drug-likeness (QED) is 0.481. The van der Waals surface area contributed by atoms with Gasteiger partial charge in [0.1, 0.15) is 27.4 Å². The van der Waals surface area contributed by atoms with Gasteiger partial charge in [-0.1, -0.05) is 11.6 Å². The Morgan fingerprint density at radius 3 is 2.80 bits per heavy atom. The molecular formula is C18H17ClFIN6O3. The summed E-state index contributed by atoms with van der Waals surface area (Å²) < 4.78 is 22.8. The number of carboxylic acid groups (broad SMARTS) is 1. The number of hydrogen-bond donors (Lipinski definition) is 2. The highest BCUT2D eigenvalue weighted by molar-refractivity contribution is 14.1. The summed E-state index contributed by atoms with van der Waals surface area (Å²) in [5, 5.41) is 14.2. The Morgan fingerprint density at radius 2 is 2.17 bits per heavy atom. The van der Waals surface area contributed by atoms with E-state index in [0.717, 1.165) is 0 Å². The summed E-state index contributed by atoms with van der Waals surface area (Å²) in [7, 11) is 1.45. The van der Waals surface area contributed by atoms with Gasteiger partial charge in [-0.3, -0.25) is 0 Å². The molecule has 1 atom stereocenters. The standard InChI is InChI=1S/C18H17ClFIN6O3/c1-7(27-17-12(15(21)25-27)16(22)23-6-24-17)9-3-10(19)13(20)11(14(9)30-2)8-4-26(5-8)18(28)29/h3,6-8H,4-5H2,1-2H3,(H,28,29)(H2,22,23,24). The summed E-state index contributed by atoms with van der Waals surface area (Å²) in [6.07, 6.45) is 0.310. The molecule has 12 heteroatoms. The summed E-state index contributed by atoms with van der Waals surface area (Å²) in [6, 6.07) is 1.08. The number of ether oxygens (including phenoxy) is 1. The molecule has 0 radical (unpaired) electrons. The van der Waals surface area contributed by atoms with Crippen LogP contribution in [-0.2, 0) is 0 Å². The molecule has 30 heavy (non-hydrogen) atoms. The maximum Gasteiger partial charge on any atom is 0.407 e. The normalized spacial score (nSPS) is 15.3. The minimum absolute atomic E-state index is 0.0678. The highest BCUT2D eigenvalue weighted by atomic mass is 127. The van der Waals surface area contributed by atoms with Crippen molar-refractivity contribution in [1.29, 1.82) is 0 Å². The first-order chi connectivity index (χ1) is 14.2. The molecule has 9 nitrogen and oxygen atoms in total. The van der Waals surface area contributed by atoms with Crippen molar-refractivity contribution in [2.75, 3.05) is 25.9 Å². The number of halogens is 3.